The third-order valence-corrected chi connectivity index (χ3v) is 2.66. The van der Waals surface area contributed by atoms with E-state index < -0.39 is 11.7 Å². The fraction of sp³-hybridized carbons (Fsp3) is 0.400. The molecule has 1 amide bonds. The van der Waals surface area contributed by atoms with E-state index in [1.165, 1.54) is 23.1 Å². The van der Waals surface area contributed by atoms with Crippen molar-refractivity contribution < 1.29 is 19.4 Å². The predicted molar refractivity (Wildman–Crippen MR) is 73.6 cm³/mol. The Morgan fingerprint density at radius 1 is 1.35 bits per heavy atom. The van der Waals surface area contributed by atoms with Gasteiger partial charge in [0.1, 0.15) is 12.4 Å². The lowest BCUT2D eigenvalue weighted by molar-refractivity contribution is 0.0717. The molecule has 0 fully saturated rings. The summed E-state index contributed by atoms with van der Waals surface area (Å²) >= 11 is 0. The molecule has 5 heteroatoms. The summed E-state index contributed by atoms with van der Waals surface area (Å²) in [5.74, 6) is 3.89. The van der Waals surface area contributed by atoms with E-state index >= 15 is 0 Å². The molecule has 0 spiro atoms. The normalized spacial score (nSPS) is 9.80. The Morgan fingerprint density at radius 2 is 2.10 bits per heavy atom. The maximum absolute atomic E-state index is 13.9. The third-order valence-electron chi connectivity index (χ3n) is 2.66. The lowest BCUT2D eigenvalue weighted by atomic mass is 10.1. The van der Waals surface area contributed by atoms with E-state index in [9.17, 15) is 9.18 Å². The molecule has 0 atom stereocenters. The van der Waals surface area contributed by atoms with E-state index in [-0.39, 0.29) is 25.3 Å². The molecule has 0 aliphatic rings. The zero-order valence-electron chi connectivity index (χ0n) is 11.4. The first kappa shape index (κ1) is 16.2. The van der Waals surface area contributed by atoms with Crippen LogP contribution in [0.25, 0.3) is 0 Å². The van der Waals surface area contributed by atoms with Gasteiger partial charge in [-0.1, -0.05) is 18.8 Å². The fourth-order valence-corrected chi connectivity index (χ4v) is 1.78. The van der Waals surface area contributed by atoms with Crippen molar-refractivity contribution >= 4 is 5.91 Å². The Hall–Kier alpha value is -1.90. The van der Waals surface area contributed by atoms with E-state index in [2.05, 4.69) is 11.8 Å². The van der Waals surface area contributed by atoms with Crippen LogP contribution in [0, 0.1) is 17.7 Å². The second kappa shape index (κ2) is 8.31. The minimum Gasteiger partial charge on any atom is -0.395 e. The summed E-state index contributed by atoms with van der Waals surface area (Å²) < 4.78 is 13.9. The molecule has 0 heterocycles. The molecule has 2 N–H and O–H groups in total. The molecule has 0 bridgehead atoms. The SMILES string of the molecule is CCCN(CCO)C(=O)c1ccc(C#CCO)cc1F. The molecule has 4 nitrogen and oxygen atoms in total. The Labute approximate surface area is 117 Å². The smallest absolute Gasteiger partial charge is 0.256 e. The molecule has 1 aromatic rings. The first-order chi connectivity index (χ1) is 9.63. The lowest BCUT2D eigenvalue weighted by Crippen LogP contribution is -2.34. The average molecular weight is 279 g/mol. The molecule has 108 valence electrons. The zero-order valence-corrected chi connectivity index (χ0v) is 11.4. The largest absolute Gasteiger partial charge is 0.395 e. The van der Waals surface area contributed by atoms with Crippen molar-refractivity contribution in [1.29, 1.82) is 0 Å². The van der Waals surface area contributed by atoms with Crippen molar-refractivity contribution in [2.24, 2.45) is 0 Å². The minimum atomic E-state index is -0.654. The molecule has 0 saturated heterocycles. The highest BCUT2D eigenvalue weighted by molar-refractivity contribution is 5.94. The Bertz CT molecular complexity index is 514. The number of nitrogens with zero attached hydrogens (tertiary/aromatic N) is 1. The van der Waals surface area contributed by atoms with Crippen LogP contribution in [0.1, 0.15) is 29.3 Å². The van der Waals surface area contributed by atoms with E-state index in [0.29, 0.717) is 12.1 Å². The number of benzene rings is 1. The van der Waals surface area contributed by atoms with Gasteiger partial charge in [0.05, 0.1) is 12.2 Å². The van der Waals surface area contributed by atoms with Gasteiger partial charge < -0.3 is 15.1 Å². The van der Waals surface area contributed by atoms with Gasteiger partial charge in [0.2, 0.25) is 0 Å². The monoisotopic (exact) mass is 279 g/mol. The number of carbonyl (C=O) groups excluding carboxylic acids is 1. The summed E-state index contributed by atoms with van der Waals surface area (Å²) in [7, 11) is 0. The van der Waals surface area contributed by atoms with Crippen LogP contribution in [0.3, 0.4) is 0 Å². The predicted octanol–water partition coefficient (Wildman–Crippen LogP) is 1.01. The molecular weight excluding hydrogens is 261 g/mol. The summed E-state index contributed by atoms with van der Waals surface area (Å²) in [5.41, 5.74) is 0.360. The zero-order chi connectivity index (χ0) is 15.0. The van der Waals surface area contributed by atoms with E-state index in [0.717, 1.165) is 6.42 Å². The fourth-order valence-electron chi connectivity index (χ4n) is 1.78. The second-order valence-corrected chi connectivity index (χ2v) is 4.17. The van der Waals surface area contributed by atoms with Crippen molar-refractivity contribution in [1.82, 2.24) is 4.90 Å². The molecule has 0 saturated carbocycles. The number of carbonyl (C=O) groups is 1. The van der Waals surface area contributed by atoms with Crippen LogP contribution in [-0.4, -0.2) is 47.3 Å². The highest BCUT2D eigenvalue weighted by Crippen LogP contribution is 2.13. The van der Waals surface area contributed by atoms with Crippen LogP contribution in [-0.2, 0) is 0 Å². The minimum absolute atomic E-state index is 0.0403. The molecular formula is C15H18FNO3. The Balaban J connectivity index is 2.97. The highest BCUT2D eigenvalue weighted by Gasteiger charge is 2.18. The maximum Gasteiger partial charge on any atom is 0.256 e. The first-order valence-electron chi connectivity index (χ1n) is 6.43. The standard InChI is InChI=1S/C15H18FNO3/c1-2-7-17(8-10-19)15(20)13-6-5-12(4-3-9-18)11-14(13)16/h5-6,11,18-19H,2,7-10H2,1H3. The van der Waals surface area contributed by atoms with Crippen LogP contribution in [0.4, 0.5) is 4.39 Å². The van der Waals surface area contributed by atoms with Gasteiger partial charge in [-0.25, -0.2) is 4.39 Å². The number of aliphatic hydroxyl groups excluding tert-OH is 2. The van der Waals surface area contributed by atoms with Gasteiger partial charge in [-0.15, -0.1) is 0 Å². The van der Waals surface area contributed by atoms with Gasteiger partial charge in [-0.05, 0) is 24.6 Å². The van der Waals surface area contributed by atoms with Crippen molar-refractivity contribution in [2.45, 2.75) is 13.3 Å². The van der Waals surface area contributed by atoms with Crippen LogP contribution in [0.2, 0.25) is 0 Å². The molecule has 0 radical (unpaired) electrons. The van der Waals surface area contributed by atoms with E-state index in [1.807, 2.05) is 6.92 Å². The van der Waals surface area contributed by atoms with Crippen LogP contribution in [0.15, 0.2) is 18.2 Å². The first-order valence-corrected chi connectivity index (χ1v) is 6.43. The van der Waals surface area contributed by atoms with Crippen LogP contribution < -0.4 is 0 Å². The second-order valence-electron chi connectivity index (χ2n) is 4.17. The lowest BCUT2D eigenvalue weighted by Gasteiger charge is -2.21. The summed E-state index contributed by atoms with van der Waals surface area (Å²) in [5, 5.41) is 17.5. The van der Waals surface area contributed by atoms with Crippen molar-refractivity contribution in [3.8, 4) is 11.8 Å². The van der Waals surface area contributed by atoms with Crippen LogP contribution in [0.5, 0.6) is 0 Å². The van der Waals surface area contributed by atoms with Gasteiger partial charge >= 0.3 is 0 Å². The third kappa shape index (κ3) is 4.34. The molecule has 20 heavy (non-hydrogen) atoms. The quantitative estimate of drug-likeness (QED) is 0.791. The van der Waals surface area contributed by atoms with Crippen LogP contribution >= 0.6 is 0 Å². The van der Waals surface area contributed by atoms with Gasteiger partial charge in [0.15, 0.2) is 0 Å². The number of halogens is 1. The number of aliphatic hydroxyl groups is 2. The summed E-state index contributed by atoms with van der Waals surface area (Å²) in [6.07, 6.45) is 0.730. The number of hydrogen-bond donors (Lipinski definition) is 2. The van der Waals surface area contributed by atoms with Gasteiger partial charge in [-0.3, -0.25) is 4.79 Å². The Kier molecular flexibility index (Phi) is 6.71. The molecule has 0 aliphatic carbocycles. The number of rotatable bonds is 5. The van der Waals surface area contributed by atoms with E-state index in [1.54, 1.807) is 0 Å². The highest BCUT2D eigenvalue weighted by atomic mass is 19.1. The molecule has 0 unspecified atom stereocenters. The number of amides is 1. The maximum atomic E-state index is 13.9. The summed E-state index contributed by atoms with van der Waals surface area (Å²) in [6, 6.07) is 4.07. The van der Waals surface area contributed by atoms with Gasteiger partial charge in [0, 0.05) is 18.7 Å². The molecule has 1 aromatic carbocycles. The summed E-state index contributed by atoms with van der Waals surface area (Å²) in [6.45, 7) is 2.08. The Morgan fingerprint density at radius 3 is 2.65 bits per heavy atom. The molecule has 1 rings (SSSR count). The molecule has 0 aliphatic heterocycles. The van der Waals surface area contributed by atoms with Gasteiger partial charge in [-0.2, -0.15) is 0 Å². The van der Waals surface area contributed by atoms with Crippen molar-refractivity contribution in [3.63, 3.8) is 0 Å². The molecule has 0 aromatic heterocycles. The number of hydrogen-bond acceptors (Lipinski definition) is 3. The topological polar surface area (TPSA) is 60.8 Å². The van der Waals surface area contributed by atoms with Gasteiger partial charge in [0.25, 0.3) is 5.91 Å². The summed E-state index contributed by atoms with van der Waals surface area (Å²) in [4.78, 5) is 13.6. The van der Waals surface area contributed by atoms with Crippen molar-refractivity contribution in [3.05, 3.63) is 35.1 Å². The van der Waals surface area contributed by atoms with E-state index in [4.69, 9.17) is 10.2 Å². The average Bonchev–Trinajstić information content (AvgIpc) is 2.44. The van der Waals surface area contributed by atoms with Crippen molar-refractivity contribution in [2.75, 3.05) is 26.3 Å².